The number of rotatable bonds is 4. The van der Waals surface area contributed by atoms with Crippen LogP contribution < -0.4 is 9.64 Å². The van der Waals surface area contributed by atoms with Crippen LogP contribution in [-0.4, -0.2) is 41.2 Å². The monoisotopic (exact) mass is 431 g/mol. The minimum atomic E-state index is -0.782. The number of anilines is 1. The van der Waals surface area contributed by atoms with Crippen LogP contribution in [-0.2, 0) is 4.79 Å². The van der Waals surface area contributed by atoms with Gasteiger partial charge in [-0.2, -0.15) is 0 Å². The minimum absolute atomic E-state index is 0.402. The predicted molar refractivity (Wildman–Crippen MR) is 114 cm³/mol. The van der Waals surface area contributed by atoms with E-state index in [-0.39, 0.29) is 0 Å². The fourth-order valence-corrected chi connectivity index (χ4v) is 4.13. The van der Waals surface area contributed by atoms with Gasteiger partial charge in [-0.05, 0) is 42.7 Å². The van der Waals surface area contributed by atoms with Gasteiger partial charge in [-0.1, -0.05) is 29.3 Å². The van der Waals surface area contributed by atoms with E-state index in [1.165, 1.54) is 6.33 Å². The molecule has 150 valence electrons. The van der Waals surface area contributed by atoms with E-state index >= 15 is 0 Å². The number of hydrogen-bond donors (Lipinski definition) is 1. The molecule has 1 aromatic heterocycles. The van der Waals surface area contributed by atoms with Crippen LogP contribution in [0.5, 0.6) is 5.75 Å². The Morgan fingerprint density at radius 2 is 2.03 bits per heavy atom. The topological polar surface area (TPSA) is 75.6 Å². The molecule has 1 aliphatic rings. The molecule has 0 amide bonds. The molecule has 0 bridgehead atoms. The summed E-state index contributed by atoms with van der Waals surface area (Å²) in [6.45, 7) is 1.13. The van der Waals surface area contributed by atoms with E-state index in [2.05, 4.69) is 9.97 Å². The molecule has 0 spiro atoms. The summed E-state index contributed by atoms with van der Waals surface area (Å²) < 4.78 is 5.64. The van der Waals surface area contributed by atoms with Crippen molar-refractivity contribution in [2.75, 3.05) is 25.1 Å². The zero-order valence-electron chi connectivity index (χ0n) is 15.7. The van der Waals surface area contributed by atoms with E-state index in [1.54, 1.807) is 19.2 Å². The van der Waals surface area contributed by atoms with Gasteiger partial charge >= 0.3 is 5.97 Å². The fraction of sp³-hybridized carbons (Fsp3) is 0.286. The first-order chi connectivity index (χ1) is 14.0. The molecule has 29 heavy (non-hydrogen) atoms. The summed E-state index contributed by atoms with van der Waals surface area (Å²) in [5.74, 6) is 0.141. The SMILES string of the molecule is COc1ccc2ncnc(N3CCCC(C(=O)O)C3)c2c1-c1ccc(Cl)c(Cl)c1. The number of aromatic nitrogens is 2. The van der Waals surface area contributed by atoms with Crippen LogP contribution in [0, 0.1) is 5.92 Å². The average Bonchev–Trinajstić information content (AvgIpc) is 2.74. The van der Waals surface area contributed by atoms with E-state index in [0.29, 0.717) is 34.6 Å². The van der Waals surface area contributed by atoms with Crippen LogP contribution in [0.15, 0.2) is 36.7 Å². The lowest BCUT2D eigenvalue weighted by Gasteiger charge is -2.32. The number of carboxylic acids is 1. The Balaban J connectivity index is 1.94. The molecule has 1 aliphatic heterocycles. The first-order valence-corrected chi connectivity index (χ1v) is 10.00. The van der Waals surface area contributed by atoms with Gasteiger partial charge in [-0.25, -0.2) is 9.97 Å². The maximum Gasteiger partial charge on any atom is 0.308 e. The van der Waals surface area contributed by atoms with Crippen LogP contribution in [0.2, 0.25) is 10.0 Å². The van der Waals surface area contributed by atoms with Crippen molar-refractivity contribution in [3.05, 3.63) is 46.7 Å². The molecule has 2 heterocycles. The number of carbonyl (C=O) groups is 1. The number of hydrogen-bond acceptors (Lipinski definition) is 5. The highest BCUT2D eigenvalue weighted by Gasteiger charge is 2.28. The van der Waals surface area contributed by atoms with Crippen LogP contribution >= 0.6 is 23.2 Å². The number of nitrogens with zero attached hydrogens (tertiary/aromatic N) is 3. The molecule has 1 unspecified atom stereocenters. The Kier molecular flexibility index (Phi) is 5.48. The number of ether oxygens (including phenoxy) is 1. The van der Waals surface area contributed by atoms with Crippen molar-refractivity contribution in [3.63, 3.8) is 0 Å². The maximum absolute atomic E-state index is 11.5. The van der Waals surface area contributed by atoms with Crippen LogP contribution in [0.1, 0.15) is 12.8 Å². The van der Waals surface area contributed by atoms with Crippen molar-refractivity contribution >= 4 is 45.9 Å². The molecule has 3 aromatic rings. The molecule has 0 radical (unpaired) electrons. The number of benzene rings is 2. The first-order valence-electron chi connectivity index (χ1n) is 9.24. The van der Waals surface area contributed by atoms with Gasteiger partial charge in [0.15, 0.2) is 0 Å². The molecule has 1 N–H and O–H groups in total. The largest absolute Gasteiger partial charge is 0.496 e. The third-order valence-corrected chi connectivity index (χ3v) is 5.98. The highest BCUT2D eigenvalue weighted by molar-refractivity contribution is 6.42. The fourth-order valence-electron chi connectivity index (χ4n) is 3.84. The Bertz CT molecular complexity index is 1090. The second-order valence-electron chi connectivity index (χ2n) is 6.99. The standard InChI is InChI=1S/C21H19Cl2N3O3/c1-29-17-7-6-16-19(18(17)12-4-5-14(22)15(23)9-12)20(25-11-24-16)26-8-2-3-13(10-26)21(27)28/h4-7,9,11,13H,2-3,8,10H2,1H3,(H,27,28). The summed E-state index contributed by atoms with van der Waals surface area (Å²) >= 11 is 12.4. The van der Waals surface area contributed by atoms with E-state index in [1.807, 2.05) is 23.1 Å². The summed E-state index contributed by atoms with van der Waals surface area (Å²) in [6, 6.07) is 9.13. The Labute approximate surface area is 178 Å². The molecular weight excluding hydrogens is 413 g/mol. The van der Waals surface area contributed by atoms with Crippen LogP contribution in [0.25, 0.3) is 22.0 Å². The number of piperidine rings is 1. The molecule has 0 saturated carbocycles. The van der Waals surface area contributed by atoms with Crippen molar-refractivity contribution in [2.45, 2.75) is 12.8 Å². The third-order valence-electron chi connectivity index (χ3n) is 5.24. The predicted octanol–water partition coefficient (Wildman–Crippen LogP) is 4.91. The second kappa shape index (κ2) is 8.05. The van der Waals surface area contributed by atoms with Crippen molar-refractivity contribution in [3.8, 4) is 16.9 Å². The minimum Gasteiger partial charge on any atom is -0.496 e. The first kappa shape index (κ1) is 19.7. The van der Waals surface area contributed by atoms with Gasteiger partial charge in [0.2, 0.25) is 0 Å². The van der Waals surface area contributed by atoms with Crippen LogP contribution in [0.4, 0.5) is 5.82 Å². The molecule has 1 atom stereocenters. The van der Waals surface area contributed by atoms with Gasteiger partial charge in [0.1, 0.15) is 17.9 Å². The van der Waals surface area contributed by atoms with Gasteiger partial charge in [0.25, 0.3) is 0 Å². The molecule has 1 fully saturated rings. The summed E-state index contributed by atoms with van der Waals surface area (Å²) in [6.07, 6.45) is 2.96. The number of methoxy groups -OCH3 is 1. The van der Waals surface area contributed by atoms with E-state index < -0.39 is 11.9 Å². The average molecular weight is 432 g/mol. The molecule has 8 heteroatoms. The Morgan fingerprint density at radius 3 is 2.76 bits per heavy atom. The summed E-state index contributed by atoms with van der Waals surface area (Å²) in [7, 11) is 1.60. The highest BCUT2D eigenvalue weighted by atomic mass is 35.5. The lowest BCUT2D eigenvalue weighted by Crippen LogP contribution is -2.39. The van der Waals surface area contributed by atoms with Crippen molar-refractivity contribution in [1.82, 2.24) is 9.97 Å². The second-order valence-corrected chi connectivity index (χ2v) is 7.80. The Morgan fingerprint density at radius 1 is 1.21 bits per heavy atom. The normalized spacial score (nSPS) is 16.8. The highest BCUT2D eigenvalue weighted by Crippen LogP contribution is 2.42. The number of carboxylic acid groups (broad SMARTS) is 1. The van der Waals surface area contributed by atoms with Gasteiger partial charge < -0.3 is 14.7 Å². The molecule has 2 aromatic carbocycles. The molecule has 0 aliphatic carbocycles. The van der Waals surface area contributed by atoms with Gasteiger partial charge in [0.05, 0.1) is 34.0 Å². The number of fused-ring (bicyclic) bond motifs is 1. The molecule has 4 rings (SSSR count). The van der Waals surface area contributed by atoms with Crippen molar-refractivity contribution < 1.29 is 14.6 Å². The van der Waals surface area contributed by atoms with E-state index in [0.717, 1.165) is 35.0 Å². The van der Waals surface area contributed by atoms with Gasteiger partial charge in [0, 0.05) is 18.7 Å². The lowest BCUT2D eigenvalue weighted by molar-refractivity contribution is -0.141. The number of aliphatic carboxylic acids is 1. The third kappa shape index (κ3) is 3.70. The molecule has 1 saturated heterocycles. The van der Waals surface area contributed by atoms with Gasteiger partial charge in [-0.15, -0.1) is 0 Å². The van der Waals surface area contributed by atoms with Crippen molar-refractivity contribution in [2.24, 2.45) is 5.92 Å². The zero-order valence-corrected chi connectivity index (χ0v) is 17.2. The number of halogens is 2. The van der Waals surface area contributed by atoms with E-state index in [9.17, 15) is 9.90 Å². The maximum atomic E-state index is 11.5. The molecule has 6 nitrogen and oxygen atoms in total. The smallest absolute Gasteiger partial charge is 0.308 e. The van der Waals surface area contributed by atoms with Crippen LogP contribution in [0.3, 0.4) is 0 Å². The van der Waals surface area contributed by atoms with E-state index in [4.69, 9.17) is 27.9 Å². The summed E-state index contributed by atoms with van der Waals surface area (Å²) in [4.78, 5) is 22.5. The lowest BCUT2D eigenvalue weighted by atomic mass is 9.96. The summed E-state index contributed by atoms with van der Waals surface area (Å²) in [5, 5.41) is 11.2. The Hall–Kier alpha value is -2.57. The van der Waals surface area contributed by atoms with Gasteiger partial charge in [-0.3, -0.25) is 4.79 Å². The molecular formula is C21H19Cl2N3O3. The van der Waals surface area contributed by atoms with Crippen molar-refractivity contribution in [1.29, 1.82) is 0 Å². The summed E-state index contributed by atoms with van der Waals surface area (Å²) in [5.41, 5.74) is 2.37. The quantitative estimate of drug-likeness (QED) is 0.631. The zero-order chi connectivity index (χ0) is 20.5.